The second-order valence-electron chi connectivity index (χ2n) is 11.3. The Morgan fingerprint density at radius 3 is 2.42 bits per heavy atom. The van der Waals surface area contributed by atoms with Crippen LogP contribution in [-0.2, 0) is 11.3 Å². The molecule has 0 aliphatic carbocycles. The van der Waals surface area contributed by atoms with Gasteiger partial charge in [0, 0.05) is 0 Å². The van der Waals surface area contributed by atoms with E-state index in [-0.39, 0.29) is 6.54 Å². The average molecular weight is 603 g/mol. The SMILES string of the molecule is COc1nc[c]([Sn]([CH3])([CH3])[CH3])cc1CN(C(=O)OC(C)(C)C)C1CCCN(C(=O)[O-])C1c1ccccc1. The van der Waals surface area contributed by atoms with Gasteiger partial charge in [-0.05, 0) is 0 Å². The first-order chi connectivity index (χ1) is 16.8. The summed E-state index contributed by atoms with van der Waals surface area (Å²) in [7, 11) is 1.56. The summed E-state index contributed by atoms with van der Waals surface area (Å²) in [5.41, 5.74) is 0.876. The fraction of sp³-hybridized carbons (Fsp3) is 0.519. The van der Waals surface area contributed by atoms with Crippen molar-refractivity contribution < 1.29 is 24.2 Å². The van der Waals surface area contributed by atoms with Crippen LogP contribution in [0.15, 0.2) is 42.6 Å². The predicted molar refractivity (Wildman–Crippen MR) is 140 cm³/mol. The number of benzene rings is 1. The zero-order chi connectivity index (χ0) is 26.7. The summed E-state index contributed by atoms with van der Waals surface area (Å²) >= 11 is -2.48. The number of nitrogens with zero attached hydrogens (tertiary/aromatic N) is 3. The normalized spacial score (nSPS) is 18.5. The number of methoxy groups -OCH3 is 1. The summed E-state index contributed by atoms with van der Waals surface area (Å²) in [5, 5.41) is 12.2. The van der Waals surface area contributed by atoms with Gasteiger partial charge in [0.15, 0.2) is 0 Å². The molecule has 0 bridgehead atoms. The van der Waals surface area contributed by atoms with Crippen molar-refractivity contribution in [2.45, 2.75) is 72.7 Å². The molecule has 36 heavy (non-hydrogen) atoms. The molecule has 0 radical (unpaired) electrons. The van der Waals surface area contributed by atoms with Gasteiger partial charge < -0.3 is 0 Å². The zero-order valence-corrected chi connectivity index (χ0v) is 25.3. The van der Waals surface area contributed by atoms with Crippen molar-refractivity contribution in [3.63, 3.8) is 0 Å². The monoisotopic (exact) mass is 604 g/mol. The Balaban J connectivity index is 2.12. The van der Waals surface area contributed by atoms with E-state index in [0.29, 0.717) is 25.3 Å². The second-order valence-corrected chi connectivity index (χ2v) is 25.8. The number of hydrogen-bond donors (Lipinski definition) is 0. The van der Waals surface area contributed by atoms with E-state index >= 15 is 0 Å². The van der Waals surface area contributed by atoms with Crippen LogP contribution in [0.25, 0.3) is 0 Å². The Kier molecular flexibility index (Phi) is 8.79. The van der Waals surface area contributed by atoms with Gasteiger partial charge in [-0.3, -0.25) is 0 Å². The van der Waals surface area contributed by atoms with Crippen molar-refractivity contribution in [2.75, 3.05) is 13.7 Å². The minimum atomic E-state index is -2.48. The molecule has 3 rings (SSSR count). The molecular weight excluding hydrogens is 565 g/mol. The Bertz CT molecular complexity index is 1070. The van der Waals surface area contributed by atoms with Crippen LogP contribution in [0.3, 0.4) is 0 Å². The van der Waals surface area contributed by atoms with Gasteiger partial charge in [-0.2, -0.15) is 0 Å². The molecule has 2 unspecified atom stereocenters. The van der Waals surface area contributed by atoms with Crippen LogP contribution in [0.1, 0.15) is 50.8 Å². The van der Waals surface area contributed by atoms with E-state index in [1.54, 1.807) is 12.0 Å². The molecule has 2 heterocycles. The second kappa shape index (κ2) is 11.3. The summed E-state index contributed by atoms with van der Waals surface area (Å²) < 4.78 is 12.6. The van der Waals surface area contributed by atoms with Crippen LogP contribution in [-0.4, -0.2) is 70.6 Å². The molecule has 2 atom stereocenters. The molecule has 1 fully saturated rings. The van der Waals surface area contributed by atoms with Gasteiger partial charge in [0.2, 0.25) is 0 Å². The number of rotatable bonds is 6. The van der Waals surface area contributed by atoms with Crippen LogP contribution in [0.4, 0.5) is 9.59 Å². The molecule has 1 saturated heterocycles. The molecule has 0 N–H and O–H groups in total. The third-order valence-electron chi connectivity index (χ3n) is 6.33. The Labute approximate surface area is 218 Å². The van der Waals surface area contributed by atoms with Gasteiger partial charge in [-0.15, -0.1) is 0 Å². The van der Waals surface area contributed by atoms with Crippen LogP contribution in [0, 0.1) is 0 Å². The third-order valence-corrected chi connectivity index (χ3v) is 12.1. The van der Waals surface area contributed by atoms with Gasteiger partial charge in [0.25, 0.3) is 0 Å². The number of carbonyl (C=O) groups is 2. The number of likely N-dealkylation sites (tertiary alicyclic amines) is 1. The first kappa shape index (κ1) is 28.1. The molecule has 8 nitrogen and oxygen atoms in total. The molecule has 9 heteroatoms. The van der Waals surface area contributed by atoms with Crippen LogP contribution < -0.4 is 13.4 Å². The fourth-order valence-corrected chi connectivity index (χ4v) is 7.61. The molecule has 1 aliphatic heterocycles. The number of aromatic nitrogens is 1. The van der Waals surface area contributed by atoms with Crippen molar-refractivity contribution >= 4 is 34.1 Å². The average Bonchev–Trinajstić information content (AvgIpc) is 2.80. The molecule has 1 aromatic carbocycles. The van der Waals surface area contributed by atoms with Gasteiger partial charge in [0.1, 0.15) is 0 Å². The fourth-order valence-electron chi connectivity index (χ4n) is 4.59. The van der Waals surface area contributed by atoms with Crippen molar-refractivity contribution in [2.24, 2.45) is 0 Å². The van der Waals surface area contributed by atoms with E-state index in [9.17, 15) is 14.7 Å². The molecular formula is C27H38N3O5Sn-. The van der Waals surface area contributed by atoms with Crippen molar-refractivity contribution in [3.8, 4) is 5.88 Å². The van der Waals surface area contributed by atoms with Crippen molar-refractivity contribution in [1.29, 1.82) is 0 Å². The first-order valence-corrected chi connectivity index (χ1v) is 22.4. The Morgan fingerprint density at radius 1 is 1.19 bits per heavy atom. The number of ether oxygens (including phenoxy) is 2. The van der Waals surface area contributed by atoms with Gasteiger partial charge in [0.05, 0.1) is 0 Å². The van der Waals surface area contributed by atoms with Crippen LogP contribution in [0.5, 0.6) is 5.88 Å². The van der Waals surface area contributed by atoms with Crippen molar-refractivity contribution in [3.05, 3.63) is 53.7 Å². The quantitative estimate of drug-likeness (QED) is 0.465. The molecule has 2 amide bonds. The Morgan fingerprint density at radius 2 is 1.86 bits per heavy atom. The summed E-state index contributed by atoms with van der Waals surface area (Å²) in [6.07, 6.45) is 1.36. The van der Waals surface area contributed by atoms with E-state index in [4.69, 9.17) is 9.47 Å². The molecule has 196 valence electrons. The van der Waals surface area contributed by atoms with E-state index in [2.05, 4.69) is 25.9 Å². The zero-order valence-electron chi connectivity index (χ0n) is 22.4. The number of carbonyl (C=O) groups excluding carboxylic acids is 2. The number of amides is 2. The van der Waals surface area contributed by atoms with E-state index in [1.807, 2.05) is 57.3 Å². The van der Waals surface area contributed by atoms with Gasteiger partial charge in [-0.25, -0.2) is 0 Å². The summed E-state index contributed by atoms with van der Waals surface area (Å²) in [6.45, 7) is 6.00. The number of carboxylic acid groups (broad SMARTS) is 1. The molecule has 0 spiro atoms. The van der Waals surface area contributed by atoms with E-state index in [0.717, 1.165) is 11.1 Å². The molecule has 2 aromatic rings. The number of piperidine rings is 1. The van der Waals surface area contributed by atoms with Gasteiger partial charge in [-0.1, -0.05) is 0 Å². The number of hydrogen-bond acceptors (Lipinski definition) is 6. The first-order valence-electron chi connectivity index (χ1n) is 12.4. The third kappa shape index (κ3) is 6.83. The number of pyridine rings is 1. The topological polar surface area (TPSA) is 95.0 Å². The van der Waals surface area contributed by atoms with Crippen LogP contribution in [0.2, 0.25) is 14.8 Å². The molecule has 0 saturated carbocycles. The van der Waals surface area contributed by atoms with E-state index < -0.39 is 48.2 Å². The summed E-state index contributed by atoms with van der Waals surface area (Å²) in [6, 6.07) is 10.5. The minimum absolute atomic E-state index is 0.190. The predicted octanol–water partition coefficient (Wildman–Crippen LogP) is 3.92. The maximum absolute atomic E-state index is 13.7. The van der Waals surface area contributed by atoms with Gasteiger partial charge >= 0.3 is 219 Å². The van der Waals surface area contributed by atoms with E-state index in [1.165, 1.54) is 8.48 Å². The van der Waals surface area contributed by atoms with Crippen LogP contribution >= 0.6 is 0 Å². The molecule has 1 aliphatic rings. The Hall–Kier alpha value is -2.49. The molecule has 1 aromatic heterocycles. The standard InChI is InChI=1S/C24H30N3O5.3CH3.Sn/c1-24(2,3)32-23(30)27(16-18-12-8-14-25-21(18)31-4)19-13-9-15-26(22(28)29)20(19)17-10-6-5-7-11-17;;;;/h5-7,10-12,14,19-20H,9,13,15-16H2,1-4H3,(H,28,29);3*1H3;/p-1. The summed E-state index contributed by atoms with van der Waals surface area (Å²) in [4.78, 5) is 40.3. The summed E-state index contributed by atoms with van der Waals surface area (Å²) in [5.74, 6) is 0.451. The maximum atomic E-state index is 13.7. The van der Waals surface area contributed by atoms with Crippen molar-refractivity contribution in [1.82, 2.24) is 14.8 Å².